The Labute approximate surface area is 97.3 Å². The van der Waals surface area contributed by atoms with Gasteiger partial charge in [-0.3, -0.25) is 0 Å². The molecule has 2 N–H and O–H groups in total. The molecule has 0 fully saturated rings. The van der Waals surface area contributed by atoms with Gasteiger partial charge >= 0.3 is 0 Å². The van der Waals surface area contributed by atoms with Crippen molar-refractivity contribution in [3.05, 3.63) is 35.6 Å². The average molecular weight is 224 g/mol. The fourth-order valence-corrected chi connectivity index (χ4v) is 1.41. The molecule has 0 amide bonds. The van der Waals surface area contributed by atoms with Crippen LogP contribution < -0.4 is 10.6 Å². The molecule has 1 aromatic carbocycles. The highest BCUT2D eigenvalue weighted by molar-refractivity contribution is 5.17. The zero-order valence-corrected chi connectivity index (χ0v) is 10.3. The van der Waals surface area contributed by atoms with Gasteiger partial charge in [-0.25, -0.2) is 4.39 Å². The Hall–Kier alpha value is -0.930. The minimum absolute atomic E-state index is 0.0786. The van der Waals surface area contributed by atoms with Crippen molar-refractivity contribution in [3.8, 4) is 0 Å². The molecule has 2 nitrogen and oxygen atoms in total. The summed E-state index contributed by atoms with van der Waals surface area (Å²) in [5.41, 5.74) is 0.854. The number of likely N-dealkylation sites (N-methyl/N-ethyl adjacent to an activating group) is 1. The van der Waals surface area contributed by atoms with Crippen molar-refractivity contribution in [2.24, 2.45) is 0 Å². The van der Waals surface area contributed by atoms with Crippen molar-refractivity contribution in [2.45, 2.75) is 25.8 Å². The SMILES string of the molecule is CNC(C)(C)CNCCc1ccccc1F. The van der Waals surface area contributed by atoms with Gasteiger partial charge in [0.05, 0.1) is 0 Å². The zero-order chi connectivity index (χ0) is 12.0. The van der Waals surface area contributed by atoms with Gasteiger partial charge in [0.25, 0.3) is 0 Å². The van der Waals surface area contributed by atoms with E-state index in [1.165, 1.54) is 6.07 Å². The van der Waals surface area contributed by atoms with Crippen LogP contribution in [0.3, 0.4) is 0 Å². The Morgan fingerprint density at radius 1 is 1.25 bits per heavy atom. The lowest BCUT2D eigenvalue weighted by molar-refractivity contribution is 0.395. The Morgan fingerprint density at radius 3 is 2.56 bits per heavy atom. The van der Waals surface area contributed by atoms with Crippen molar-refractivity contribution >= 4 is 0 Å². The highest BCUT2D eigenvalue weighted by Gasteiger charge is 2.13. The number of halogens is 1. The summed E-state index contributed by atoms with van der Waals surface area (Å²) in [6.07, 6.45) is 0.729. The van der Waals surface area contributed by atoms with E-state index < -0.39 is 0 Å². The third-order valence-electron chi connectivity index (χ3n) is 2.77. The van der Waals surface area contributed by atoms with Gasteiger partial charge in [-0.05, 0) is 45.5 Å². The molecule has 0 radical (unpaired) electrons. The van der Waals surface area contributed by atoms with Crippen LogP contribution in [-0.2, 0) is 6.42 Å². The Bertz CT molecular complexity index is 323. The molecule has 0 saturated heterocycles. The van der Waals surface area contributed by atoms with Gasteiger partial charge in [0.15, 0.2) is 0 Å². The van der Waals surface area contributed by atoms with E-state index in [4.69, 9.17) is 0 Å². The molecule has 0 bridgehead atoms. The van der Waals surface area contributed by atoms with E-state index in [1.807, 2.05) is 19.2 Å². The fourth-order valence-electron chi connectivity index (χ4n) is 1.41. The van der Waals surface area contributed by atoms with Crippen molar-refractivity contribution < 1.29 is 4.39 Å². The second kappa shape index (κ2) is 5.97. The molecule has 1 aromatic rings. The first kappa shape index (κ1) is 13.1. The van der Waals surface area contributed by atoms with Crippen LogP contribution in [-0.4, -0.2) is 25.7 Å². The van der Waals surface area contributed by atoms with Gasteiger partial charge in [0.1, 0.15) is 5.82 Å². The highest BCUT2D eigenvalue weighted by Crippen LogP contribution is 2.06. The van der Waals surface area contributed by atoms with Gasteiger partial charge in [-0.2, -0.15) is 0 Å². The molecule has 16 heavy (non-hydrogen) atoms. The topological polar surface area (TPSA) is 24.1 Å². The normalized spacial score (nSPS) is 11.8. The first-order chi connectivity index (χ1) is 7.55. The summed E-state index contributed by atoms with van der Waals surface area (Å²) < 4.78 is 13.3. The molecule has 3 heteroatoms. The van der Waals surface area contributed by atoms with Gasteiger partial charge < -0.3 is 10.6 Å². The van der Waals surface area contributed by atoms with Crippen LogP contribution in [0.4, 0.5) is 4.39 Å². The summed E-state index contributed by atoms with van der Waals surface area (Å²) in [4.78, 5) is 0. The first-order valence-electron chi connectivity index (χ1n) is 5.68. The lowest BCUT2D eigenvalue weighted by atomic mass is 10.1. The summed E-state index contributed by atoms with van der Waals surface area (Å²) in [6.45, 7) is 5.93. The third-order valence-corrected chi connectivity index (χ3v) is 2.77. The predicted octanol–water partition coefficient (Wildman–Crippen LogP) is 1.96. The summed E-state index contributed by atoms with van der Waals surface area (Å²) >= 11 is 0. The molecule has 0 aliphatic rings. The van der Waals surface area contributed by atoms with Crippen LogP contribution in [0.1, 0.15) is 19.4 Å². The summed E-state index contributed by atoms with van der Waals surface area (Å²) in [7, 11) is 1.94. The molecule has 0 heterocycles. The minimum Gasteiger partial charge on any atom is -0.315 e. The lowest BCUT2D eigenvalue weighted by Crippen LogP contribution is -2.46. The Morgan fingerprint density at radius 2 is 1.94 bits per heavy atom. The first-order valence-corrected chi connectivity index (χ1v) is 5.68. The number of rotatable bonds is 6. The molecule has 0 unspecified atom stereocenters. The molecule has 1 rings (SSSR count). The van der Waals surface area contributed by atoms with E-state index >= 15 is 0 Å². The molecule has 90 valence electrons. The molecule has 0 saturated carbocycles. The number of hydrogen-bond donors (Lipinski definition) is 2. The molecular formula is C13H21FN2. The molecule has 0 aromatic heterocycles. The quantitative estimate of drug-likeness (QED) is 0.722. The minimum atomic E-state index is -0.114. The van der Waals surface area contributed by atoms with Gasteiger partial charge in [0, 0.05) is 12.1 Å². The number of benzene rings is 1. The lowest BCUT2D eigenvalue weighted by Gasteiger charge is -2.24. The van der Waals surface area contributed by atoms with Gasteiger partial charge in [0.2, 0.25) is 0 Å². The monoisotopic (exact) mass is 224 g/mol. The summed E-state index contributed by atoms with van der Waals surface area (Å²) in [6, 6.07) is 6.93. The Kier molecular flexibility index (Phi) is 4.90. The largest absolute Gasteiger partial charge is 0.315 e. The maximum atomic E-state index is 13.3. The van der Waals surface area contributed by atoms with E-state index in [0.29, 0.717) is 0 Å². The van der Waals surface area contributed by atoms with E-state index in [0.717, 1.165) is 25.1 Å². The molecule has 0 atom stereocenters. The van der Waals surface area contributed by atoms with Crippen LogP contribution in [0.25, 0.3) is 0 Å². The van der Waals surface area contributed by atoms with E-state index in [9.17, 15) is 4.39 Å². The van der Waals surface area contributed by atoms with Crippen molar-refractivity contribution in [2.75, 3.05) is 20.1 Å². The van der Waals surface area contributed by atoms with Gasteiger partial charge in [-0.15, -0.1) is 0 Å². The van der Waals surface area contributed by atoms with Crippen molar-refractivity contribution in [1.29, 1.82) is 0 Å². The summed E-state index contributed by atoms with van der Waals surface area (Å²) in [5.74, 6) is -0.114. The average Bonchev–Trinajstić information content (AvgIpc) is 2.27. The smallest absolute Gasteiger partial charge is 0.126 e. The maximum absolute atomic E-state index is 13.3. The molecule has 0 aliphatic heterocycles. The predicted molar refractivity (Wildman–Crippen MR) is 66.1 cm³/mol. The molecule has 0 aliphatic carbocycles. The van der Waals surface area contributed by atoms with Crippen LogP contribution >= 0.6 is 0 Å². The van der Waals surface area contributed by atoms with Crippen molar-refractivity contribution in [1.82, 2.24) is 10.6 Å². The zero-order valence-electron chi connectivity index (χ0n) is 10.3. The van der Waals surface area contributed by atoms with Crippen LogP contribution in [0.2, 0.25) is 0 Å². The highest BCUT2D eigenvalue weighted by atomic mass is 19.1. The van der Waals surface area contributed by atoms with Crippen LogP contribution in [0, 0.1) is 5.82 Å². The van der Waals surface area contributed by atoms with E-state index in [-0.39, 0.29) is 11.4 Å². The Balaban J connectivity index is 2.29. The molecule has 0 spiro atoms. The van der Waals surface area contributed by atoms with Crippen LogP contribution in [0.5, 0.6) is 0 Å². The third kappa shape index (κ3) is 4.29. The fraction of sp³-hybridized carbons (Fsp3) is 0.538. The van der Waals surface area contributed by atoms with E-state index in [2.05, 4.69) is 24.5 Å². The maximum Gasteiger partial charge on any atom is 0.126 e. The number of hydrogen-bond acceptors (Lipinski definition) is 2. The second-order valence-electron chi connectivity index (χ2n) is 4.65. The van der Waals surface area contributed by atoms with Crippen molar-refractivity contribution in [3.63, 3.8) is 0 Å². The number of nitrogens with one attached hydrogen (secondary N) is 2. The standard InChI is InChI=1S/C13H21FN2/c1-13(2,15-3)10-16-9-8-11-6-4-5-7-12(11)14/h4-7,15-16H,8-10H2,1-3H3. The van der Waals surface area contributed by atoms with E-state index in [1.54, 1.807) is 6.07 Å². The van der Waals surface area contributed by atoms with Gasteiger partial charge in [-0.1, -0.05) is 18.2 Å². The molecular weight excluding hydrogens is 203 g/mol. The van der Waals surface area contributed by atoms with Crippen LogP contribution in [0.15, 0.2) is 24.3 Å². The summed E-state index contributed by atoms with van der Waals surface area (Å²) in [5, 5.41) is 6.54. The second-order valence-corrected chi connectivity index (χ2v) is 4.65.